The SMILES string of the molecule is CSc1ccc(COC2CN(OC(=O)OC(C)(C)C)CCC2c2ccc(O)cc2)cc1. The topological polar surface area (TPSA) is 68.2 Å². The molecule has 0 aliphatic carbocycles. The van der Waals surface area contributed by atoms with Crippen LogP contribution in [0.4, 0.5) is 4.79 Å². The summed E-state index contributed by atoms with van der Waals surface area (Å²) >= 11 is 1.70. The molecule has 1 saturated heterocycles. The third-order valence-corrected chi connectivity index (χ3v) is 5.80. The van der Waals surface area contributed by atoms with Gasteiger partial charge in [-0.25, -0.2) is 4.79 Å². The Morgan fingerprint density at radius 2 is 1.81 bits per heavy atom. The number of carbonyl (C=O) groups is 1. The van der Waals surface area contributed by atoms with Gasteiger partial charge in [-0.2, -0.15) is 0 Å². The molecule has 1 aliphatic rings. The molecule has 0 bridgehead atoms. The molecular weight excluding hydrogens is 414 g/mol. The van der Waals surface area contributed by atoms with Crippen molar-refractivity contribution >= 4 is 17.9 Å². The predicted octanol–water partition coefficient (Wildman–Crippen LogP) is 5.36. The average molecular weight is 446 g/mol. The van der Waals surface area contributed by atoms with Crippen LogP contribution in [0.2, 0.25) is 0 Å². The van der Waals surface area contributed by atoms with Crippen LogP contribution in [0.5, 0.6) is 5.75 Å². The molecule has 0 aromatic heterocycles. The van der Waals surface area contributed by atoms with Gasteiger partial charge in [0.1, 0.15) is 11.4 Å². The zero-order valence-electron chi connectivity index (χ0n) is 18.5. The first-order valence-electron chi connectivity index (χ1n) is 10.4. The van der Waals surface area contributed by atoms with E-state index in [0.717, 1.165) is 17.5 Å². The molecule has 3 rings (SSSR count). The molecule has 1 aliphatic heterocycles. The van der Waals surface area contributed by atoms with Gasteiger partial charge in [-0.1, -0.05) is 24.3 Å². The molecular formula is C24H31NO5S. The summed E-state index contributed by atoms with van der Waals surface area (Å²) in [6, 6.07) is 15.5. The second-order valence-corrected chi connectivity index (χ2v) is 9.51. The maximum atomic E-state index is 12.1. The smallest absolute Gasteiger partial charge is 0.508 e. The van der Waals surface area contributed by atoms with Gasteiger partial charge in [0.25, 0.3) is 0 Å². The molecule has 2 aromatic rings. The van der Waals surface area contributed by atoms with E-state index in [9.17, 15) is 9.90 Å². The largest absolute Gasteiger partial charge is 0.528 e. The molecule has 0 saturated carbocycles. The zero-order chi connectivity index (χ0) is 22.4. The van der Waals surface area contributed by atoms with Crippen molar-refractivity contribution < 1.29 is 24.2 Å². The number of nitrogens with zero attached hydrogens (tertiary/aromatic N) is 1. The monoisotopic (exact) mass is 445 g/mol. The summed E-state index contributed by atoms with van der Waals surface area (Å²) in [5.74, 6) is 0.366. The highest BCUT2D eigenvalue weighted by Gasteiger charge is 2.34. The van der Waals surface area contributed by atoms with Crippen molar-refractivity contribution in [2.45, 2.75) is 56.3 Å². The molecule has 1 heterocycles. The lowest BCUT2D eigenvalue weighted by molar-refractivity contribution is -0.179. The first-order valence-corrected chi connectivity index (χ1v) is 11.7. The number of phenols is 1. The zero-order valence-corrected chi connectivity index (χ0v) is 19.4. The molecule has 2 unspecified atom stereocenters. The number of piperidine rings is 1. The predicted molar refractivity (Wildman–Crippen MR) is 121 cm³/mol. The lowest BCUT2D eigenvalue weighted by atomic mass is 9.87. The summed E-state index contributed by atoms with van der Waals surface area (Å²) in [4.78, 5) is 18.7. The van der Waals surface area contributed by atoms with Crippen LogP contribution >= 0.6 is 11.8 Å². The van der Waals surface area contributed by atoms with Crippen molar-refractivity contribution in [2.75, 3.05) is 19.3 Å². The van der Waals surface area contributed by atoms with Gasteiger partial charge >= 0.3 is 6.16 Å². The summed E-state index contributed by atoms with van der Waals surface area (Å²) in [6.07, 6.45) is 1.92. The third-order valence-electron chi connectivity index (χ3n) is 5.06. The Bertz CT molecular complexity index is 848. The summed E-state index contributed by atoms with van der Waals surface area (Å²) in [6.45, 7) is 6.90. The van der Waals surface area contributed by atoms with Crippen molar-refractivity contribution in [3.05, 3.63) is 59.7 Å². The Labute approximate surface area is 188 Å². The lowest BCUT2D eigenvalue weighted by Crippen LogP contribution is -2.45. The van der Waals surface area contributed by atoms with Crippen LogP contribution in [-0.4, -0.2) is 47.4 Å². The van der Waals surface area contributed by atoms with Crippen LogP contribution in [0.15, 0.2) is 53.4 Å². The second kappa shape index (κ2) is 10.4. The quantitative estimate of drug-likeness (QED) is 0.474. The van der Waals surface area contributed by atoms with Crippen LogP contribution in [-0.2, 0) is 20.9 Å². The van der Waals surface area contributed by atoms with Crippen LogP contribution in [0.3, 0.4) is 0 Å². The summed E-state index contributed by atoms with van der Waals surface area (Å²) in [5, 5.41) is 11.3. The van der Waals surface area contributed by atoms with E-state index in [1.54, 1.807) is 49.7 Å². The summed E-state index contributed by atoms with van der Waals surface area (Å²) in [7, 11) is 0. The fourth-order valence-electron chi connectivity index (χ4n) is 3.54. The van der Waals surface area contributed by atoms with Gasteiger partial charge in [0.05, 0.1) is 19.3 Å². The van der Waals surface area contributed by atoms with E-state index in [1.807, 2.05) is 12.1 Å². The number of hydroxylamine groups is 2. The van der Waals surface area contributed by atoms with Crippen LogP contribution in [0.25, 0.3) is 0 Å². The fourth-order valence-corrected chi connectivity index (χ4v) is 3.95. The van der Waals surface area contributed by atoms with Gasteiger partial charge in [-0.15, -0.1) is 16.8 Å². The third kappa shape index (κ3) is 7.16. The molecule has 2 aromatic carbocycles. The number of thioether (sulfide) groups is 1. The first-order chi connectivity index (χ1) is 14.7. The minimum Gasteiger partial charge on any atom is -0.508 e. The molecule has 0 radical (unpaired) electrons. The van der Waals surface area contributed by atoms with Crippen molar-refractivity contribution in [1.29, 1.82) is 0 Å². The molecule has 168 valence electrons. The Balaban J connectivity index is 1.69. The summed E-state index contributed by atoms with van der Waals surface area (Å²) < 4.78 is 11.6. The van der Waals surface area contributed by atoms with Gasteiger partial charge in [0.15, 0.2) is 0 Å². The number of aromatic hydroxyl groups is 1. The number of benzene rings is 2. The van der Waals surface area contributed by atoms with Gasteiger partial charge in [-0.05, 0) is 68.8 Å². The van der Waals surface area contributed by atoms with E-state index in [1.165, 1.54) is 4.90 Å². The molecule has 2 atom stereocenters. The minimum atomic E-state index is -0.706. The highest BCUT2D eigenvalue weighted by molar-refractivity contribution is 7.98. The number of hydrogen-bond acceptors (Lipinski definition) is 7. The van der Waals surface area contributed by atoms with E-state index in [0.29, 0.717) is 19.7 Å². The molecule has 31 heavy (non-hydrogen) atoms. The molecule has 0 amide bonds. The van der Waals surface area contributed by atoms with Crippen molar-refractivity contribution in [2.24, 2.45) is 0 Å². The van der Waals surface area contributed by atoms with E-state index in [2.05, 4.69) is 30.5 Å². The van der Waals surface area contributed by atoms with Crippen molar-refractivity contribution in [3.63, 3.8) is 0 Å². The molecule has 0 spiro atoms. The highest BCUT2D eigenvalue weighted by atomic mass is 32.2. The molecule has 6 nitrogen and oxygen atoms in total. The average Bonchev–Trinajstić information content (AvgIpc) is 2.72. The van der Waals surface area contributed by atoms with Gasteiger partial charge in [0.2, 0.25) is 0 Å². The number of carbonyl (C=O) groups excluding carboxylic acids is 1. The van der Waals surface area contributed by atoms with E-state index in [-0.39, 0.29) is 17.8 Å². The Hall–Kier alpha value is -2.22. The number of hydrogen-bond donors (Lipinski definition) is 1. The number of phenolic OH excluding ortho intramolecular Hbond substituents is 1. The normalized spacial score (nSPS) is 19.7. The van der Waals surface area contributed by atoms with Crippen molar-refractivity contribution in [1.82, 2.24) is 5.06 Å². The minimum absolute atomic E-state index is 0.129. The van der Waals surface area contributed by atoms with E-state index >= 15 is 0 Å². The van der Waals surface area contributed by atoms with Crippen LogP contribution in [0.1, 0.15) is 44.2 Å². The first kappa shape index (κ1) is 23.4. The van der Waals surface area contributed by atoms with Gasteiger partial charge < -0.3 is 19.4 Å². The number of rotatable bonds is 6. The Morgan fingerprint density at radius 1 is 1.13 bits per heavy atom. The standard InChI is InChI=1S/C24H31NO5S/c1-24(2,3)29-23(27)30-25-14-13-21(18-7-9-19(26)10-8-18)22(15-25)28-16-17-5-11-20(31-4)12-6-17/h5-12,21-22,26H,13-16H2,1-4H3. The lowest BCUT2D eigenvalue weighted by Gasteiger charge is -2.37. The highest BCUT2D eigenvalue weighted by Crippen LogP contribution is 2.32. The van der Waals surface area contributed by atoms with E-state index in [4.69, 9.17) is 14.3 Å². The van der Waals surface area contributed by atoms with Crippen LogP contribution < -0.4 is 0 Å². The van der Waals surface area contributed by atoms with Gasteiger partial charge in [0, 0.05) is 17.4 Å². The van der Waals surface area contributed by atoms with E-state index < -0.39 is 11.8 Å². The maximum absolute atomic E-state index is 12.1. The molecule has 7 heteroatoms. The maximum Gasteiger partial charge on any atom is 0.528 e. The molecule has 1 fully saturated rings. The Morgan fingerprint density at radius 3 is 2.42 bits per heavy atom. The van der Waals surface area contributed by atoms with Crippen molar-refractivity contribution in [3.8, 4) is 5.75 Å². The summed E-state index contributed by atoms with van der Waals surface area (Å²) in [5.41, 5.74) is 1.57. The number of ether oxygens (including phenoxy) is 2. The van der Waals surface area contributed by atoms with Crippen LogP contribution in [0, 0.1) is 0 Å². The fraction of sp³-hybridized carbons (Fsp3) is 0.458. The molecule has 1 N–H and O–H groups in total. The second-order valence-electron chi connectivity index (χ2n) is 8.63. The Kier molecular flexibility index (Phi) is 7.86. The van der Waals surface area contributed by atoms with Gasteiger partial charge in [-0.3, -0.25) is 0 Å².